The molecule has 9 nitrogen and oxygen atoms in total. The Balaban J connectivity index is 1.04. The summed E-state index contributed by atoms with van der Waals surface area (Å²) in [5.41, 5.74) is 9.01. The number of carbonyl (C=O) groups is 2. The van der Waals surface area contributed by atoms with Crippen LogP contribution in [0.5, 0.6) is 0 Å². The van der Waals surface area contributed by atoms with Gasteiger partial charge in [0.15, 0.2) is 0 Å². The van der Waals surface area contributed by atoms with E-state index in [0.29, 0.717) is 35.1 Å². The minimum absolute atomic E-state index is 0.0874. The van der Waals surface area contributed by atoms with Gasteiger partial charge in [-0.3, -0.25) is 9.78 Å². The van der Waals surface area contributed by atoms with Crippen molar-refractivity contribution in [2.45, 2.75) is 51.8 Å². The standard InChI is InChI=1S/C38H41ClN6O3/c1-38(2,3)48-37(47)45(23-24-9-11-29(33(39)19-24)26-7-5-4-6-8-26)28-17-25(18-28)21-42-15-16-43-36-31-13-14-41-22-32(31)30-12-10-27(35(40)46)20-34(30)44-36/h4-14,19-20,22,25,28,42H,15-18,21,23H2,1-3H3,(H2,40,46)(H,43,44). The molecule has 0 atom stereocenters. The number of primary amides is 1. The van der Waals surface area contributed by atoms with E-state index in [1.807, 2.05) is 92.5 Å². The first kappa shape index (κ1) is 33.2. The maximum absolute atomic E-state index is 13.4. The largest absolute Gasteiger partial charge is 0.444 e. The number of anilines is 1. The van der Waals surface area contributed by atoms with E-state index in [4.69, 9.17) is 27.1 Å². The third-order valence-corrected chi connectivity index (χ3v) is 8.97. The number of nitrogens with zero attached hydrogens (tertiary/aromatic N) is 3. The fourth-order valence-corrected chi connectivity index (χ4v) is 6.51. The van der Waals surface area contributed by atoms with Gasteiger partial charge in [0.05, 0.1) is 5.52 Å². The highest BCUT2D eigenvalue weighted by Gasteiger charge is 2.37. The molecule has 1 aliphatic rings. The van der Waals surface area contributed by atoms with Crippen molar-refractivity contribution in [3.8, 4) is 11.1 Å². The average Bonchev–Trinajstić information content (AvgIpc) is 3.04. The van der Waals surface area contributed by atoms with E-state index in [2.05, 4.69) is 15.6 Å². The minimum Gasteiger partial charge on any atom is -0.444 e. The SMILES string of the molecule is CC(C)(C)OC(=O)N(Cc1ccc(-c2ccccc2)c(Cl)c1)C1CC(CNCCNc2nc3cc(C(N)=O)ccc3c3cnccc23)C1. The van der Waals surface area contributed by atoms with Crippen molar-refractivity contribution in [1.82, 2.24) is 20.2 Å². The number of hydrogen-bond donors (Lipinski definition) is 3. The molecule has 0 radical (unpaired) electrons. The van der Waals surface area contributed by atoms with Gasteiger partial charge in [0.1, 0.15) is 11.4 Å². The maximum atomic E-state index is 13.4. The molecule has 6 rings (SSSR count). The molecule has 0 saturated heterocycles. The number of hydrogen-bond acceptors (Lipinski definition) is 7. The highest BCUT2D eigenvalue weighted by atomic mass is 35.5. The molecule has 248 valence electrons. The molecule has 5 aromatic rings. The number of benzene rings is 3. The predicted molar refractivity (Wildman–Crippen MR) is 192 cm³/mol. The Hall–Kier alpha value is -4.73. The molecule has 0 bridgehead atoms. The van der Waals surface area contributed by atoms with Gasteiger partial charge in [-0.25, -0.2) is 9.78 Å². The Morgan fingerprint density at radius 3 is 2.50 bits per heavy atom. The molecule has 1 saturated carbocycles. The van der Waals surface area contributed by atoms with Gasteiger partial charge in [-0.1, -0.05) is 60.1 Å². The quantitative estimate of drug-likeness (QED) is 0.0992. The van der Waals surface area contributed by atoms with Crippen LogP contribution in [0.15, 0.2) is 85.2 Å². The molecule has 10 heteroatoms. The van der Waals surface area contributed by atoms with E-state index in [1.165, 1.54) is 0 Å². The van der Waals surface area contributed by atoms with Crippen LogP contribution in [0.2, 0.25) is 5.02 Å². The smallest absolute Gasteiger partial charge is 0.410 e. The fourth-order valence-electron chi connectivity index (χ4n) is 6.20. The van der Waals surface area contributed by atoms with Crippen molar-refractivity contribution >= 4 is 51.1 Å². The highest BCUT2D eigenvalue weighted by molar-refractivity contribution is 6.33. The van der Waals surface area contributed by atoms with Crippen molar-refractivity contribution in [1.29, 1.82) is 0 Å². The number of carbonyl (C=O) groups excluding carboxylic acids is 2. The lowest BCUT2D eigenvalue weighted by Gasteiger charge is -2.43. The van der Waals surface area contributed by atoms with Crippen molar-refractivity contribution in [3.63, 3.8) is 0 Å². The van der Waals surface area contributed by atoms with Gasteiger partial charge in [0, 0.05) is 70.4 Å². The molecule has 48 heavy (non-hydrogen) atoms. The lowest BCUT2D eigenvalue weighted by molar-refractivity contribution is -0.00435. The summed E-state index contributed by atoms with van der Waals surface area (Å²) in [4.78, 5) is 36.1. The van der Waals surface area contributed by atoms with Crippen molar-refractivity contribution in [2.24, 2.45) is 11.7 Å². The first-order chi connectivity index (χ1) is 23.1. The van der Waals surface area contributed by atoms with Crippen LogP contribution in [0.3, 0.4) is 0 Å². The van der Waals surface area contributed by atoms with Gasteiger partial charge in [0.25, 0.3) is 0 Å². The zero-order valence-corrected chi connectivity index (χ0v) is 28.3. The zero-order chi connectivity index (χ0) is 33.8. The van der Waals surface area contributed by atoms with Crippen LogP contribution < -0.4 is 16.4 Å². The lowest BCUT2D eigenvalue weighted by atomic mass is 9.79. The number of aromatic nitrogens is 2. The van der Waals surface area contributed by atoms with Crippen LogP contribution in [-0.2, 0) is 11.3 Å². The first-order valence-corrected chi connectivity index (χ1v) is 16.7. The van der Waals surface area contributed by atoms with E-state index in [-0.39, 0.29) is 12.1 Å². The molecule has 1 fully saturated rings. The van der Waals surface area contributed by atoms with Crippen LogP contribution in [0.25, 0.3) is 32.8 Å². The minimum atomic E-state index is -0.590. The van der Waals surface area contributed by atoms with Gasteiger partial charge >= 0.3 is 6.09 Å². The van der Waals surface area contributed by atoms with E-state index in [1.54, 1.807) is 18.3 Å². The predicted octanol–water partition coefficient (Wildman–Crippen LogP) is 7.42. The molecule has 2 heterocycles. The van der Waals surface area contributed by atoms with Gasteiger partial charge in [-0.15, -0.1) is 0 Å². The normalized spacial score (nSPS) is 16.0. The van der Waals surface area contributed by atoms with Gasteiger partial charge in [-0.2, -0.15) is 0 Å². The Morgan fingerprint density at radius 2 is 1.77 bits per heavy atom. The highest BCUT2D eigenvalue weighted by Crippen LogP contribution is 2.35. The number of halogens is 1. The number of rotatable bonds is 11. The van der Waals surface area contributed by atoms with Crippen LogP contribution in [-0.4, -0.2) is 58.1 Å². The van der Waals surface area contributed by atoms with Crippen molar-refractivity contribution in [3.05, 3.63) is 101 Å². The number of nitrogens with one attached hydrogen (secondary N) is 2. The average molecular weight is 665 g/mol. The van der Waals surface area contributed by atoms with Gasteiger partial charge in [-0.05, 0) is 81.5 Å². The fraction of sp³-hybridized carbons (Fsp3) is 0.316. The Bertz CT molecular complexity index is 1940. The summed E-state index contributed by atoms with van der Waals surface area (Å²) in [6.45, 7) is 8.34. The molecule has 2 amide bonds. The molecule has 1 aliphatic carbocycles. The van der Waals surface area contributed by atoms with Crippen LogP contribution >= 0.6 is 11.6 Å². The number of nitrogens with two attached hydrogens (primary N) is 1. The number of fused-ring (bicyclic) bond motifs is 3. The van der Waals surface area contributed by atoms with E-state index in [0.717, 1.165) is 64.6 Å². The third-order valence-electron chi connectivity index (χ3n) is 8.66. The third kappa shape index (κ3) is 7.69. The second kappa shape index (κ2) is 14.2. The summed E-state index contributed by atoms with van der Waals surface area (Å²) in [5, 5.41) is 10.5. The Kier molecular flexibility index (Phi) is 9.80. The van der Waals surface area contributed by atoms with E-state index in [9.17, 15) is 9.59 Å². The molecule has 0 spiro atoms. The Labute approximate surface area is 285 Å². The summed E-state index contributed by atoms with van der Waals surface area (Å²) in [6.07, 6.45) is 5.04. The zero-order valence-electron chi connectivity index (χ0n) is 27.5. The van der Waals surface area contributed by atoms with Crippen molar-refractivity contribution in [2.75, 3.05) is 25.0 Å². The molecule has 4 N–H and O–H groups in total. The Morgan fingerprint density at radius 1 is 0.979 bits per heavy atom. The molecule has 0 unspecified atom stereocenters. The summed E-state index contributed by atoms with van der Waals surface area (Å²) in [7, 11) is 0. The van der Waals surface area contributed by atoms with E-state index >= 15 is 0 Å². The summed E-state index contributed by atoms with van der Waals surface area (Å²) >= 11 is 6.71. The topological polar surface area (TPSA) is 122 Å². The van der Waals surface area contributed by atoms with Gasteiger partial charge < -0.3 is 26.0 Å². The van der Waals surface area contributed by atoms with Crippen molar-refractivity contribution < 1.29 is 14.3 Å². The number of ether oxygens (including phenoxy) is 1. The van der Waals surface area contributed by atoms with E-state index < -0.39 is 11.5 Å². The van der Waals surface area contributed by atoms with Crippen LogP contribution in [0, 0.1) is 5.92 Å². The second-order valence-corrected chi connectivity index (χ2v) is 13.8. The molecule has 2 aromatic heterocycles. The number of pyridine rings is 2. The summed E-state index contributed by atoms with van der Waals surface area (Å²) < 4.78 is 5.82. The molecule has 0 aliphatic heterocycles. The monoisotopic (exact) mass is 664 g/mol. The maximum Gasteiger partial charge on any atom is 0.410 e. The molecule has 3 aromatic carbocycles. The van der Waals surface area contributed by atoms with Crippen LogP contribution in [0.4, 0.5) is 10.6 Å². The molecular formula is C38H41ClN6O3. The molecular weight excluding hydrogens is 624 g/mol. The summed E-state index contributed by atoms with van der Waals surface area (Å²) in [6, 6.07) is 23.4. The second-order valence-electron chi connectivity index (χ2n) is 13.4. The van der Waals surface area contributed by atoms with Crippen LogP contribution in [0.1, 0.15) is 49.5 Å². The van der Waals surface area contributed by atoms with Gasteiger partial charge in [0.2, 0.25) is 5.91 Å². The summed E-state index contributed by atoms with van der Waals surface area (Å²) in [5.74, 6) is 0.692. The lowest BCUT2D eigenvalue weighted by Crippen LogP contribution is -2.51. The first-order valence-electron chi connectivity index (χ1n) is 16.3. The number of amides is 2.